The van der Waals surface area contributed by atoms with Crippen LogP contribution in [0.4, 0.5) is 0 Å². The first-order valence-electron chi connectivity index (χ1n) is 8.20. The van der Waals surface area contributed by atoms with Crippen LogP contribution in [0, 0.1) is 0 Å². The van der Waals surface area contributed by atoms with Crippen LogP contribution in [0.1, 0.15) is 28.8 Å². The Morgan fingerprint density at radius 1 is 1.20 bits per heavy atom. The van der Waals surface area contributed by atoms with Crippen molar-refractivity contribution < 1.29 is 9.53 Å². The Labute approximate surface area is 159 Å². The SMILES string of the molecule is Cl.O=C(NC1CCCNC1)c1ccccc1OCc1ccc(Cl)cc1. The van der Waals surface area contributed by atoms with Crippen molar-refractivity contribution in [1.82, 2.24) is 10.6 Å². The van der Waals surface area contributed by atoms with Crippen molar-refractivity contribution in [3.63, 3.8) is 0 Å². The lowest BCUT2D eigenvalue weighted by Crippen LogP contribution is -2.45. The lowest BCUT2D eigenvalue weighted by Gasteiger charge is -2.24. The Kier molecular flexibility index (Phi) is 7.56. The highest BCUT2D eigenvalue weighted by Crippen LogP contribution is 2.20. The summed E-state index contributed by atoms with van der Waals surface area (Å²) in [7, 11) is 0. The van der Waals surface area contributed by atoms with Crippen molar-refractivity contribution in [1.29, 1.82) is 0 Å². The minimum absolute atomic E-state index is 0. The van der Waals surface area contributed by atoms with Gasteiger partial charge in [0.25, 0.3) is 5.91 Å². The van der Waals surface area contributed by atoms with Crippen LogP contribution in [-0.2, 0) is 6.61 Å². The van der Waals surface area contributed by atoms with Crippen molar-refractivity contribution in [2.75, 3.05) is 13.1 Å². The highest BCUT2D eigenvalue weighted by Gasteiger charge is 2.18. The Morgan fingerprint density at radius 3 is 2.68 bits per heavy atom. The lowest BCUT2D eigenvalue weighted by molar-refractivity contribution is 0.0926. The summed E-state index contributed by atoms with van der Waals surface area (Å²) in [5.74, 6) is 0.504. The van der Waals surface area contributed by atoms with Gasteiger partial charge in [0.15, 0.2) is 0 Å². The van der Waals surface area contributed by atoms with E-state index in [9.17, 15) is 4.79 Å². The summed E-state index contributed by atoms with van der Waals surface area (Å²) in [6.07, 6.45) is 2.09. The van der Waals surface area contributed by atoms with E-state index in [1.807, 2.05) is 42.5 Å². The Hall–Kier alpha value is -1.75. The topological polar surface area (TPSA) is 50.4 Å². The number of benzene rings is 2. The van der Waals surface area contributed by atoms with Crippen LogP contribution in [-0.4, -0.2) is 25.0 Å². The lowest BCUT2D eigenvalue weighted by atomic mass is 10.1. The number of nitrogens with one attached hydrogen (secondary N) is 2. The third-order valence-electron chi connectivity index (χ3n) is 4.07. The van der Waals surface area contributed by atoms with Crippen molar-refractivity contribution in [2.24, 2.45) is 0 Å². The van der Waals surface area contributed by atoms with E-state index in [-0.39, 0.29) is 24.4 Å². The van der Waals surface area contributed by atoms with E-state index in [1.165, 1.54) is 0 Å². The summed E-state index contributed by atoms with van der Waals surface area (Å²) in [5, 5.41) is 7.08. The number of halogens is 2. The highest BCUT2D eigenvalue weighted by atomic mass is 35.5. The monoisotopic (exact) mass is 380 g/mol. The molecule has 1 unspecified atom stereocenters. The molecule has 0 saturated carbocycles. The number of carbonyl (C=O) groups is 1. The van der Waals surface area contributed by atoms with Gasteiger partial charge in [-0.1, -0.05) is 35.9 Å². The molecule has 1 atom stereocenters. The van der Waals surface area contributed by atoms with Gasteiger partial charge in [-0.05, 0) is 49.2 Å². The van der Waals surface area contributed by atoms with E-state index >= 15 is 0 Å². The fourth-order valence-electron chi connectivity index (χ4n) is 2.76. The van der Waals surface area contributed by atoms with Gasteiger partial charge in [-0.15, -0.1) is 12.4 Å². The quantitative estimate of drug-likeness (QED) is 0.828. The van der Waals surface area contributed by atoms with Crippen molar-refractivity contribution in [3.8, 4) is 5.75 Å². The zero-order chi connectivity index (χ0) is 16.8. The molecule has 2 N–H and O–H groups in total. The molecule has 1 heterocycles. The standard InChI is InChI=1S/C19H21ClN2O2.ClH/c20-15-9-7-14(8-10-15)13-24-18-6-2-1-5-17(18)19(23)22-16-4-3-11-21-12-16;/h1-2,5-10,16,21H,3-4,11-13H2,(H,22,23);1H. The molecule has 1 aliphatic rings. The maximum atomic E-state index is 12.6. The van der Waals surface area contributed by atoms with Gasteiger partial charge in [-0.3, -0.25) is 4.79 Å². The fraction of sp³-hybridized carbons (Fsp3) is 0.316. The summed E-state index contributed by atoms with van der Waals surface area (Å²) in [4.78, 5) is 12.6. The maximum absolute atomic E-state index is 12.6. The molecule has 0 aromatic heterocycles. The zero-order valence-electron chi connectivity index (χ0n) is 13.8. The van der Waals surface area contributed by atoms with Gasteiger partial charge in [0.05, 0.1) is 5.56 Å². The van der Waals surface area contributed by atoms with Crippen LogP contribution in [0.5, 0.6) is 5.75 Å². The molecular formula is C19H22Cl2N2O2. The van der Waals surface area contributed by atoms with E-state index in [0.717, 1.165) is 31.5 Å². The Morgan fingerprint density at radius 2 is 1.96 bits per heavy atom. The average molecular weight is 381 g/mol. The molecule has 2 aromatic carbocycles. The van der Waals surface area contributed by atoms with Crippen molar-refractivity contribution >= 4 is 29.9 Å². The summed E-state index contributed by atoms with van der Waals surface area (Å²) in [6, 6.07) is 15.0. The van der Waals surface area contributed by atoms with Gasteiger partial charge in [-0.25, -0.2) is 0 Å². The average Bonchev–Trinajstić information content (AvgIpc) is 2.62. The van der Waals surface area contributed by atoms with Gasteiger partial charge < -0.3 is 15.4 Å². The summed E-state index contributed by atoms with van der Waals surface area (Å²) < 4.78 is 5.85. The van der Waals surface area contributed by atoms with Crippen LogP contribution < -0.4 is 15.4 Å². The predicted octanol–water partition coefficient (Wildman–Crippen LogP) is 3.82. The van der Waals surface area contributed by atoms with E-state index in [2.05, 4.69) is 10.6 Å². The summed E-state index contributed by atoms with van der Waals surface area (Å²) >= 11 is 5.89. The third-order valence-corrected chi connectivity index (χ3v) is 4.32. The van der Waals surface area contributed by atoms with Crippen LogP contribution in [0.3, 0.4) is 0 Å². The maximum Gasteiger partial charge on any atom is 0.255 e. The van der Waals surface area contributed by atoms with Gasteiger partial charge in [0, 0.05) is 17.6 Å². The number of hydrogen-bond acceptors (Lipinski definition) is 3. The zero-order valence-corrected chi connectivity index (χ0v) is 15.4. The number of carbonyl (C=O) groups excluding carboxylic acids is 1. The number of hydrogen-bond donors (Lipinski definition) is 2. The molecule has 25 heavy (non-hydrogen) atoms. The molecule has 0 radical (unpaired) electrons. The number of ether oxygens (including phenoxy) is 1. The van der Waals surface area contributed by atoms with Gasteiger partial charge in [-0.2, -0.15) is 0 Å². The fourth-order valence-corrected chi connectivity index (χ4v) is 2.89. The highest BCUT2D eigenvalue weighted by molar-refractivity contribution is 6.30. The molecule has 0 spiro atoms. The van der Waals surface area contributed by atoms with E-state index in [0.29, 0.717) is 22.9 Å². The van der Waals surface area contributed by atoms with E-state index < -0.39 is 0 Å². The van der Waals surface area contributed by atoms with Crippen LogP contribution in [0.25, 0.3) is 0 Å². The van der Waals surface area contributed by atoms with Crippen LogP contribution in [0.2, 0.25) is 5.02 Å². The molecule has 1 saturated heterocycles. The molecule has 4 nitrogen and oxygen atoms in total. The minimum Gasteiger partial charge on any atom is -0.488 e. The third kappa shape index (κ3) is 5.63. The van der Waals surface area contributed by atoms with Crippen LogP contribution >= 0.6 is 24.0 Å². The second-order valence-corrected chi connectivity index (χ2v) is 6.36. The molecule has 0 bridgehead atoms. The predicted molar refractivity (Wildman–Crippen MR) is 103 cm³/mol. The molecule has 1 aliphatic heterocycles. The second kappa shape index (κ2) is 9.66. The van der Waals surface area contributed by atoms with E-state index in [4.69, 9.17) is 16.3 Å². The molecule has 134 valence electrons. The van der Waals surface area contributed by atoms with E-state index in [1.54, 1.807) is 6.07 Å². The van der Waals surface area contributed by atoms with Gasteiger partial charge in [0.1, 0.15) is 12.4 Å². The Bertz CT molecular complexity index is 686. The summed E-state index contributed by atoms with van der Waals surface area (Å²) in [6.45, 7) is 2.24. The van der Waals surface area contributed by atoms with Crippen molar-refractivity contribution in [3.05, 3.63) is 64.7 Å². The molecule has 1 amide bonds. The van der Waals surface area contributed by atoms with Crippen molar-refractivity contribution in [2.45, 2.75) is 25.5 Å². The molecule has 1 fully saturated rings. The smallest absolute Gasteiger partial charge is 0.255 e. The molecular weight excluding hydrogens is 359 g/mol. The summed E-state index contributed by atoms with van der Waals surface area (Å²) in [5.41, 5.74) is 1.57. The number of piperidine rings is 1. The number of para-hydroxylation sites is 1. The first-order valence-corrected chi connectivity index (χ1v) is 8.58. The molecule has 6 heteroatoms. The molecule has 3 rings (SSSR count). The molecule has 2 aromatic rings. The van der Waals surface area contributed by atoms with Gasteiger partial charge >= 0.3 is 0 Å². The number of rotatable bonds is 5. The molecule has 0 aliphatic carbocycles. The minimum atomic E-state index is -0.0876. The second-order valence-electron chi connectivity index (χ2n) is 5.93. The first kappa shape index (κ1) is 19.6. The Balaban J connectivity index is 0.00000225. The van der Waals surface area contributed by atoms with Gasteiger partial charge in [0.2, 0.25) is 0 Å². The van der Waals surface area contributed by atoms with Crippen LogP contribution in [0.15, 0.2) is 48.5 Å². The first-order chi connectivity index (χ1) is 11.7. The normalized spacial score (nSPS) is 16.6. The largest absolute Gasteiger partial charge is 0.488 e. The number of amides is 1.